The van der Waals surface area contributed by atoms with Crippen molar-refractivity contribution in [1.82, 2.24) is 9.44 Å². The Kier molecular flexibility index (Phi) is 5.75. The highest BCUT2D eigenvalue weighted by Gasteiger charge is 2.17. The number of sulfonamides is 2. The molecule has 0 spiro atoms. The van der Waals surface area contributed by atoms with Crippen LogP contribution in [0.15, 0.2) is 23.1 Å². The zero-order valence-electron chi connectivity index (χ0n) is 11.0. The third-order valence-electron chi connectivity index (χ3n) is 2.29. The third kappa shape index (κ3) is 5.63. The fourth-order valence-electron chi connectivity index (χ4n) is 1.37. The van der Waals surface area contributed by atoms with Crippen LogP contribution in [0.2, 0.25) is 0 Å². The third-order valence-corrected chi connectivity index (χ3v) is 4.70. The number of thiocarbonyl (C=S) groups is 1. The summed E-state index contributed by atoms with van der Waals surface area (Å²) in [6.45, 7) is -0.267. The fourth-order valence-corrected chi connectivity index (χ4v) is 3.05. The van der Waals surface area contributed by atoms with Crippen LogP contribution >= 0.6 is 12.2 Å². The fraction of sp³-hybridized carbons (Fsp3) is 0.300. The number of hydrogen-bond acceptors (Lipinski definition) is 5. The highest BCUT2D eigenvalue weighted by molar-refractivity contribution is 7.89. The molecule has 0 bridgehead atoms. The van der Waals surface area contributed by atoms with E-state index in [1.807, 2.05) is 0 Å². The number of hydrogen-bond donors (Lipinski definition) is 3. The maximum atomic E-state index is 13.4. The highest BCUT2D eigenvalue weighted by atomic mass is 32.2. The van der Waals surface area contributed by atoms with Gasteiger partial charge in [0, 0.05) is 18.7 Å². The van der Waals surface area contributed by atoms with Gasteiger partial charge in [0.05, 0.1) is 11.2 Å². The van der Waals surface area contributed by atoms with E-state index in [1.165, 1.54) is 0 Å². The monoisotopic (exact) mass is 355 g/mol. The van der Waals surface area contributed by atoms with Crippen LogP contribution in [0.1, 0.15) is 5.56 Å². The average molecular weight is 355 g/mol. The van der Waals surface area contributed by atoms with E-state index in [0.717, 1.165) is 24.5 Å². The van der Waals surface area contributed by atoms with Crippen LogP contribution in [0.3, 0.4) is 0 Å². The minimum absolute atomic E-state index is 0.110. The molecule has 0 fully saturated rings. The van der Waals surface area contributed by atoms with Crippen molar-refractivity contribution < 1.29 is 21.2 Å². The number of benzene rings is 1. The summed E-state index contributed by atoms with van der Waals surface area (Å²) in [7, 11) is -7.32. The first-order valence-corrected chi connectivity index (χ1v) is 9.35. The molecule has 0 aliphatic rings. The summed E-state index contributed by atoms with van der Waals surface area (Å²) in [5, 5.41) is 0. The van der Waals surface area contributed by atoms with Crippen LogP contribution in [0.4, 0.5) is 4.39 Å². The van der Waals surface area contributed by atoms with Crippen molar-refractivity contribution in [1.29, 1.82) is 0 Å². The Morgan fingerprint density at radius 2 is 1.81 bits per heavy atom. The molecule has 1 aromatic carbocycles. The summed E-state index contributed by atoms with van der Waals surface area (Å²) in [5.74, 6) is -0.722. The van der Waals surface area contributed by atoms with Crippen LogP contribution in [-0.4, -0.2) is 41.2 Å². The molecule has 0 amide bonds. The molecule has 1 rings (SSSR count). The van der Waals surface area contributed by atoms with Gasteiger partial charge in [-0.15, -0.1) is 0 Å². The zero-order valence-corrected chi connectivity index (χ0v) is 13.4. The summed E-state index contributed by atoms with van der Waals surface area (Å²) in [6, 6.07) is 3.02. The van der Waals surface area contributed by atoms with Crippen molar-refractivity contribution in [3.8, 4) is 0 Å². The Balaban J connectivity index is 2.84. The van der Waals surface area contributed by atoms with Gasteiger partial charge in [-0.25, -0.2) is 30.7 Å². The molecule has 0 atom stereocenters. The van der Waals surface area contributed by atoms with Gasteiger partial charge >= 0.3 is 0 Å². The van der Waals surface area contributed by atoms with Gasteiger partial charge in [0.1, 0.15) is 10.8 Å². The first kappa shape index (κ1) is 17.9. The predicted octanol–water partition coefficient (Wildman–Crippen LogP) is -0.713. The highest BCUT2D eigenvalue weighted by Crippen LogP contribution is 2.14. The molecule has 0 saturated heterocycles. The van der Waals surface area contributed by atoms with Crippen LogP contribution in [-0.2, 0) is 20.0 Å². The first-order valence-electron chi connectivity index (χ1n) is 5.56. The minimum Gasteiger partial charge on any atom is -0.389 e. The zero-order chi connectivity index (χ0) is 16.3. The van der Waals surface area contributed by atoms with E-state index < -0.39 is 25.9 Å². The van der Waals surface area contributed by atoms with Gasteiger partial charge in [-0.1, -0.05) is 12.2 Å². The number of nitrogens with two attached hydrogens (primary N) is 1. The van der Waals surface area contributed by atoms with Crippen molar-refractivity contribution in [3.05, 3.63) is 29.6 Å². The second kappa shape index (κ2) is 6.75. The van der Waals surface area contributed by atoms with E-state index in [0.29, 0.717) is 0 Å². The normalized spacial score (nSPS) is 12.3. The summed E-state index contributed by atoms with van der Waals surface area (Å²) < 4.78 is 63.2. The molecule has 1 aromatic rings. The van der Waals surface area contributed by atoms with Gasteiger partial charge in [-0.05, 0) is 18.2 Å². The van der Waals surface area contributed by atoms with Crippen molar-refractivity contribution >= 4 is 37.3 Å². The van der Waals surface area contributed by atoms with E-state index in [1.54, 1.807) is 0 Å². The molecule has 4 N–H and O–H groups in total. The van der Waals surface area contributed by atoms with Gasteiger partial charge in [0.15, 0.2) is 0 Å². The Hall–Kier alpha value is -1.14. The van der Waals surface area contributed by atoms with Crippen molar-refractivity contribution in [2.75, 3.05) is 19.3 Å². The molecule has 0 aliphatic heterocycles. The maximum absolute atomic E-state index is 13.4. The molecule has 0 saturated carbocycles. The lowest BCUT2D eigenvalue weighted by Gasteiger charge is -2.09. The molecule has 0 unspecified atom stereocenters. The van der Waals surface area contributed by atoms with E-state index in [-0.39, 0.29) is 28.5 Å². The Bertz CT molecular complexity index is 747. The van der Waals surface area contributed by atoms with E-state index >= 15 is 0 Å². The number of halogens is 1. The molecular weight excluding hydrogens is 341 g/mol. The van der Waals surface area contributed by atoms with Gasteiger partial charge in [0.2, 0.25) is 20.0 Å². The average Bonchev–Trinajstić information content (AvgIpc) is 2.33. The second-order valence-electron chi connectivity index (χ2n) is 4.07. The molecule has 0 heterocycles. The van der Waals surface area contributed by atoms with Crippen LogP contribution in [0.25, 0.3) is 0 Å². The van der Waals surface area contributed by atoms with Crippen molar-refractivity contribution in [3.63, 3.8) is 0 Å². The van der Waals surface area contributed by atoms with Gasteiger partial charge in [0.25, 0.3) is 0 Å². The topological polar surface area (TPSA) is 118 Å². The van der Waals surface area contributed by atoms with Crippen molar-refractivity contribution in [2.24, 2.45) is 5.73 Å². The lowest BCUT2D eigenvalue weighted by molar-refractivity contribution is 0.572. The lowest BCUT2D eigenvalue weighted by atomic mass is 10.2. The standard InChI is InChI=1S/C10H14FN3O4S3/c1-20(15,16)13-4-5-14-21(17,18)7-2-3-9(11)8(6-7)10(12)19/h2-3,6,13-14H,4-5H2,1H3,(H2,12,19). The van der Waals surface area contributed by atoms with Gasteiger partial charge in [-0.3, -0.25) is 0 Å². The van der Waals surface area contributed by atoms with Crippen LogP contribution in [0.5, 0.6) is 0 Å². The molecule has 0 aromatic heterocycles. The smallest absolute Gasteiger partial charge is 0.240 e. The SMILES string of the molecule is CS(=O)(=O)NCCNS(=O)(=O)c1ccc(F)c(C(N)=S)c1. The van der Waals surface area contributed by atoms with E-state index in [9.17, 15) is 21.2 Å². The Morgan fingerprint density at radius 1 is 1.24 bits per heavy atom. The molecule has 11 heteroatoms. The largest absolute Gasteiger partial charge is 0.389 e. The van der Waals surface area contributed by atoms with E-state index in [4.69, 9.17) is 5.73 Å². The maximum Gasteiger partial charge on any atom is 0.240 e. The van der Waals surface area contributed by atoms with Gasteiger partial charge in [-0.2, -0.15) is 0 Å². The summed E-state index contributed by atoms with van der Waals surface area (Å²) >= 11 is 4.63. The van der Waals surface area contributed by atoms with Crippen LogP contribution < -0.4 is 15.2 Å². The minimum atomic E-state index is -3.92. The molecule has 0 radical (unpaired) electrons. The molecular formula is C10H14FN3O4S3. The summed E-state index contributed by atoms with van der Waals surface area (Å²) in [4.78, 5) is -0.477. The van der Waals surface area contributed by atoms with Crippen LogP contribution in [0, 0.1) is 5.82 Å². The van der Waals surface area contributed by atoms with E-state index in [2.05, 4.69) is 21.7 Å². The second-order valence-corrected chi connectivity index (χ2v) is 8.11. The number of rotatable bonds is 7. The molecule has 21 heavy (non-hydrogen) atoms. The number of nitrogens with one attached hydrogen (secondary N) is 2. The Labute approximate surface area is 127 Å². The first-order chi connectivity index (χ1) is 9.53. The predicted molar refractivity (Wildman–Crippen MR) is 80.3 cm³/mol. The quantitative estimate of drug-likeness (QED) is 0.439. The molecule has 118 valence electrons. The van der Waals surface area contributed by atoms with Crippen molar-refractivity contribution in [2.45, 2.75) is 4.90 Å². The Morgan fingerprint density at radius 3 is 2.33 bits per heavy atom. The lowest BCUT2D eigenvalue weighted by Crippen LogP contribution is -2.34. The summed E-state index contributed by atoms with van der Waals surface area (Å²) in [5.41, 5.74) is 5.12. The van der Waals surface area contributed by atoms with Gasteiger partial charge < -0.3 is 5.73 Å². The molecule has 0 aliphatic carbocycles. The molecule has 7 nitrogen and oxygen atoms in total. The summed E-state index contributed by atoms with van der Waals surface area (Å²) in [6.07, 6.45) is 0.954.